The van der Waals surface area contributed by atoms with Crippen LogP contribution in [0.4, 0.5) is 0 Å². The van der Waals surface area contributed by atoms with E-state index < -0.39 is 0 Å². The van der Waals surface area contributed by atoms with Gasteiger partial charge in [-0.25, -0.2) is 0 Å². The van der Waals surface area contributed by atoms with Crippen molar-refractivity contribution in [3.8, 4) is 5.75 Å². The summed E-state index contributed by atoms with van der Waals surface area (Å²) in [4.78, 5) is 11.6. The third-order valence-electron chi connectivity index (χ3n) is 1.95. The van der Waals surface area contributed by atoms with E-state index in [1.54, 1.807) is 12.1 Å². The average molecular weight is 205 g/mol. The Hall–Kier alpha value is -1.77. The minimum atomic E-state index is -0.279. The van der Waals surface area contributed by atoms with E-state index in [1.165, 1.54) is 6.07 Å². The van der Waals surface area contributed by atoms with Crippen molar-refractivity contribution in [2.75, 3.05) is 6.54 Å². The molecule has 15 heavy (non-hydrogen) atoms. The lowest BCUT2D eigenvalue weighted by Gasteiger charge is -2.07. The van der Waals surface area contributed by atoms with E-state index in [0.717, 1.165) is 11.1 Å². The summed E-state index contributed by atoms with van der Waals surface area (Å²) in [7, 11) is 0. The van der Waals surface area contributed by atoms with Gasteiger partial charge in [-0.1, -0.05) is 23.8 Å². The van der Waals surface area contributed by atoms with Crippen molar-refractivity contribution in [2.24, 2.45) is 0 Å². The molecule has 3 nitrogen and oxygen atoms in total. The van der Waals surface area contributed by atoms with Gasteiger partial charge >= 0.3 is 0 Å². The summed E-state index contributed by atoms with van der Waals surface area (Å²) < 4.78 is 0. The van der Waals surface area contributed by atoms with Crippen LogP contribution in [0.15, 0.2) is 30.4 Å². The molecule has 0 unspecified atom stereocenters. The quantitative estimate of drug-likeness (QED) is 0.741. The largest absolute Gasteiger partial charge is 0.507 e. The van der Waals surface area contributed by atoms with E-state index in [4.69, 9.17) is 0 Å². The van der Waals surface area contributed by atoms with Crippen LogP contribution < -0.4 is 5.32 Å². The fourth-order valence-electron chi connectivity index (χ4n) is 1.16. The molecule has 0 heterocycles. The fraction of sp³-hybridized carbons (Fsp3) is 0.250. The highest BCUT2D eigenvalue weighted by molar-refractivity contribution is 5.97. The predicted molar refractivity (Wildman–Crippen MR) is 60.0 cm³/mol. The summed E-state index contributed by atoms with van der Waals surface area (Å²) >= 11 is 0. The molecule has 0 radical (unpaired) electrons. The van der Waals surface area contributed by atoms with Crippen molar-refractivity contribution in [3.05, 3.63) is 41.5 Å². The zero-order valence-corrected chi connectivity index (χ0v) is 9.00. The summed E-state index contributed by atoms with van der Waals surface area (Å²) in [5, 5.41) is 12.2. The molecular formula is C12H15NO2. The molecular weight excluding hydrogens is 190 g/mol. The average Bonchev–Trinajstić information content (AvgIpc) is 2.18. The first-order chi connectivity index (χ1) is 7.00. The van der Waals surface area contributed by atoms with Gasteiger partial charge in [0, 0.05) is 6.54 Å². The van der Waals surface area contributed by atoms with Gasteiger partial charge in [0.25, 0.3) is 5.91 Å². The second-order valence-corrected chi connectivity index (χ2v) is 3.66. The van der Waals surface area contributed by atoms with Gasteiger partial charge in [0.2, 0.25) is 0 Å². The molecule has 0 aromatic heterocycles. The van der Waals surface area contributed by atoms with E-state index in [0.29, 0.717) is 12.1 Å². The molecule has 0 aliphatic carbocycles. The third kappa shape index (κ3) is 3.13. The second-order valence-electron chi connectivity index (χ2n) is 3.66. The molecule has 0 aliphatic heterocycles. The maximum Gasteiger partial charge on any atom is 0.255 e. The van der Waals surface area contributed by atoms with Gasteiger partial charge in [0.05, 0.1) is 5.56 Å². The lowest BCUT2D eigenvalue weighted by atomic mass is 10.1. The van der Waals surface area contributed by atoms with Crippen molar-refractivity contribution in [1.29, 1.82) is 0 Å². The monoisotopic (exact) mass is 205 g/mol. The van der Waals surface area contributed by atoms with E-state index in [1.807, 2.05) is 13.8 Å². The number of hydrogen-bond donors (Lipinski definition) is 2. The Bertz CT molecular complexity index is 397. The fourth-order valence-corrected chi connectivity index (χ4v) is 1.16. The topological polar surface area (TPSA) is 49.3 Å². The first-order valence-electron chi connectivity index (χ1n) is 4.73. The van der Waals surface area contributed by atoms with Crippen LogP contribution in [0.1, 0.15) is 22.8 Å². The number of carbonyl (C=O) groups excluding carboxylic acids is 1. The smallest absolute Gasteiger partial charge is 0.255 e. The first kappa shape index (κ1) is 11.3. The highest BCUT2D eigenvalue weighted by Gasteiger charge is 2.10. The number of amides is 1. The van der Waals surface area contributed by atoms with E-state index in [9.17, 15) is 9.90 Å². The predicted octanol–water partition coefficient (Wildman–Crippen LogP) is 2.01. The molecule has 0 saturated heterocycles. The maximum absolute atomic E-state index is 11.6. The van der Waals surface area contributed by atoms with Crippen LogP contribution in [0, 0.1) is 6.92 Å². The number of aromatic hydroxyl groups is 1. The molecule has 0 saturated carbocycles. The number of aryl methyl sites for hydroxylation is 1. The van der Waals surface area contributed by atoms with Gasteiger partial charge in [-0.05, 0) is 26.0 Å². The highest BCUT2D eigenvalue weighted by atomic mass is 16.3. The molecule has 1 amide bonds. The minimum absolute atomic E-state index is 0.000171. The van der Waals surface area contributed by atoms with E-state index in [-0.39, 0.29) is 11.7 Å². The number of phenolic OH excluding ortho intramolecular Hbond substituents is 1. The first-order valence-corrected chi connectivity index (χ1v) is 4.73. The van der Waals surface area contributed by atoms with Crippen molar-refractivity contribution in [3.63, 3.8) is 0 Å². The van der Waals surface area contributed by atoms with Gasteiger partial charge in [-0.15, -0.1) is 0 Å². The summed E-state index contributed by atoms with van der Waals surface area (Å²) in [6.45, 7) is 7.81. The Morgan fingerprint density at radius 2 is 2.20 bits per heavy atom. The van der Waals surface area contributed by atoms with Crippen molar-refractivity contribution >= 4 is 5.91 Å². The SMILES string of the molecule is C=C(C)CNC(=O)c1cc(C)ccc1O. The number of rotatable bonds is 3. The summed E-state index contributed by atoms with van der Waals surface area (Å²) in [6.07, 6.45) is 0. The Kier molecular flexibility index (Phi) is 3.50. The van der Waals surface area contributed by atoms with Gasteiger partial charge in [-0.3, -0.25) is 4.79 Å². The lowest BCUT2D eigenvalue weighted by molar-refractivity contribution is 0.0954. The van der Waals surface area contributed by atoms with Crippen LogP contribution in [-0.2, 0) is 0 Å². The van der Waals surface area contributed by atoms with Crippen LogP contribution >= 0.6 is 0 Å². The van der Waals surface area contributed by atoms with Crippen molar-refractivity contribution in [2.45, 2.75) is 13.8 Å². The normalized spacial score (nSPS) is 9.73. The number of hydrogen-bond acceptors (Lipinski definition) is 2. The van der Waals surface area contributed by atoms with Crippen LogP contribution in [0.25, 0.3) is 0 Å². The summed E-state index contributed by atoms with van der Waals surface area (Å²) in [6, 6.07) is 4.93. The molecule has 0 bridgehead atoms. The minimum Gasteiger partial charge on any atom is -0.507 e. The van der Waals surface area contributed by atoms with Crippen molar-refractivity contribution in [1.82, 2.24) is 5.32 Å². The third-order valence-corrected chi connectivity index (χ3v) is 1.95. The Morgan fingerprint density at radius 3 is 2.80 bits per heavy atom. The molecule has 0 aliphatic rings. The number of benzene rings is 1. The van der Waals surface area contributed by atoms with Crippen LogP contribution in [0.5, 0.6) is 5.75 Å². The van der Waals surface area contributed by atoms with Gasteiger partial charge in [-0.2, -0.15) is 0 Å². The van der Waals surface area contributed by atoms with E-state index >= 15 is 0 Å². The highest BCUT2D eigenvalue weighted by Crippen LogP contribution is 2.17. The lowest BCUT2D eigenvalue weighted by Crippen LogP contribution is -2.24. The molecule has 80 valence electrons. The van der Waals surface area contributed by atoms with E-state index in [2.05, 4.69) is 11.9 Å². The summed E-state index contributed by atoms with van der Waals surface area (Å²) in [5.41, 5.74) is 2.11. The molecule has 0 spiro atoms. The van der Waals surface area contributed by atoms with Crippen LogP contribution in [-0.4, -0.2) is 17.6 Å². The molecule has 2 N–H and O–H groups in total. The number of carbonyl (C=O) groups is 1. The Labute approximate surface area is 89.4 Å². The number of phenols is 1. The zero-order valence-electron chi connectivity index (χ0n) is 9.00. The van der Waals surface area contributed by atoms with Crippen molar-refractivity contribution < 1.29 is 9.90 Å². The van der Waals surface area contributed by atoms with Gasteiger partial charge in [0.1, 0.15) is 5.75 Å². The molecule has 1 aromatic rings. The molecule has 0 atom stereocenters. The zero-order chi connectivity index (χ0) is 11.4. The Morgan fingerprint density at radius 1 is 1.53 bits per heavy atom. The standard InChI is InChI=1S/C12H15NO2/c1-8(2)7-13-12(15)10-6-9(3)4-5-11(10)14/h4-6,14H,1,7H2,2-3H3,(H,13,15). The summed E-state index contributed by atoms with van der Waals surface area (Å²) in [5.74, 6) is -0.279. The molecule has 1 aromatic carbocycles. The number of nitrogens with one attached hydrogen (secondary N) is 1. The van der Waals surface area contributed by atoms with Crippen LogP contribution in [0.3, 0.4) is 0 Å². The second kappa shape index (κ2) is 4.64. The van der Waals surface area contributed by atoms with Gasteiger partial charge in [0.15, 0.2) is 0 Å². The van der Waals surface area contributed by atoms with Crippen LogP contribution in [0.2, 0.25) is 0 Å². The van der Waals surface area contributed by atoms with Gasteiger partial charge < -0.3 is 10.4 Å². The Balaban J connectivity index is 2.81. The molecule has 1 rings (SSSR count). The molecule has 3 heteroatoms. The maximum atomic E-state index is 11.6. The molecule has 0 fully saturated rings.